The van der Waals surface area contributed by atoms with Gasteiger partial charge in [-0.3, -0.25) is 0 Å². The lowest BCUT2D eigenvalue weighted by Gasteiger charge is -2.31. The molecule has 3 heterocycles. The van der Waals surface area contributed by atoms with E-state index in [-0.39, 0.29) is 0 Å². The van der Waals surface area contributed by atoms with Gasteiger partial charge in [0.1, 0.15) is 0 Å². The smallest absolute Gasteiger partial charge is 0.0402 e. The number of benzene rings is 1. The number of hydrogen-bond donors (Lipinski definition) is 1. The van der Waals surface area contributed by atoms with Crippen LogP contribution in [0.5, 0.6) is 0 Å². The van der Waals surface area contributed by atoms with Crippen molar-refractivity contribution in [2.45, 2.75) is 50.7 Å². The van der Waals surface area contributed by atoms with E-state index in [1.165, 1.54) is 37.9 Å². The van der Waals surface area contributed by atoms with Gasteiger partial charge in [0, 0.05) is 30.4 Å². The summed E-state index contributed by atoms with van der Waals surface area (Å²) in [5.41, 5.74) is 3.04. The van der Waals surface area contributed by atoms with Crippen LogP contribution in [0, 0.1) is 5.92 Å². The Morgan fingerprint density at radius 3 is 2.94 bits per heavy atom. The van der Waals surface area contributed by atoms with Gasteiger partial charge in [-0.1, -0.05) is 18.2 Å². The Morgan fingerprint density at radius 2 is 2.17 bits per heavy atom. The molecule has 1 aromatic rings. The first kappa shape index (κ1) is 10.9. The van der Waals surface area contributed by atoms with Gasteiger partial charge in [0.2, 0.25) is 0 Å². The highest BCUT2D eigenvalue weighted by molar-refractivity contribution is 5.59. The maximum atomic E-state index is 3.76. The van der Waals surface area contributed by atoms with Gasteiger partial charge in [0.05, 0.1) is 0 Å². The maximum Gasteiger partial charge on any atom is 0.0402 e. The first-order chi connectivity index (χ1) is 8.81. The van der Waals surface area contributed by atoms with Gasteiger partial charge >= 0.3 is 0 Å². The molecule has 2 heteroatoms. The molecular weight excluding hydrogens is 220 g/mol. The summed E-state index contributed by atoms with van der Waals surface area (Å²) in [5.74, 6) is 0.873. The van der Waals surface area contributed by atoms with Crippen LogP contribution in [-0.2, 0) is 6.42 Å². The third-order valence-corrected chi connectivity index (χ3v) is 5.21. The number of rotatable bonds is 2. The molecule has 96 valence electrons. The molecule has 0 aromatic heterocycles. The second-order valence-electron chi connectivity index (χ2n) is 6.38. The van der Waals surface area contributed by atoms with E-state index in [0.717, 1.165) is 18.0 Å². The predicted molar refractivity (Wildman–Crippen MR) is 75.0 cm³/mol. The Morgan fingerprint density at radius 1 is 1.28 bits per heavy atom. The van der Waals surface area contributed by atoms with Crippen molar-refractivity contribution < 1.29 is 0 Å². The van der Waals surface area contributed by atoms with Gasteiger partial charge in [-0.2, -0.15) is 0 Å². The quantitative estimate of drug-likeness (QED) is 0.857. The molecule has 4 atom stereocenters. The van der Waals surface area contributed by atoms with Crippen LogP contribution in [0.2, 0.25) is 0 Å². The maximum absolute atomic E-state index is 3.76. The Kier molecular flexibility index (Phi) is 2.41. The van der Waals surface area contributed by atoms with E-state index in [1.807, 2.05) is 0 Å². The molecule has 2 fully saturated rings. The zero-order chi connectivity index (χ0) is 12.1. The van der Waals surface area contributed by atoms with E-state index < -0.39 is 0 Å². The zero-order valence-corrected chi connectivity index (χ0v) is 11.1. The number of para-hydroxylation sites is 1. The fraction of sp³-hybridized carbons (Fsp3) is 0.625. The lowest BCUT2D eigenvalue weighted by atomic mass is 9.88. The van der Waals surface area contributed by atoms with Crippen LogP contribution < -0.4 is 10.2 Å². The Balaban J connectivity index is 1.55. The van der Waals surface area contributed by atoms with Crippen LogP contribution in [-0.4, -0.2) is 24.7 Å². The summed E-state index contributed by atoms with van der Waals surface area (Å²) in [5, 5.41) is 3.76. The lowest BCUT2D eigenvalue weighted by Crippen LogP contribution is -2.38. The largest absolute Gasteiger partial charge is 0.368 e. The van der Waals surface area contributed by atoms with Crippen molar-refractivity contribution in [1.29, 1.82) is 0 Å². The molecule has 1 aromatic carbocycles. The Hall–Kier alpha value is -1.02. The summed E-state index contributed by atoms with van der Waals surface area (Å²) in [6.07, 6.45) is 5.44. The second-order valence-corrected chi connectivity index (χ2v) is 6.38. The molecule has 0 saturated carbocycles. The van der Waals surface area contributed by atoms with Crippen LogP contribution in [0.15, 0.2) is 24.3 Å². The number of fused-ring (bicyclic) bond motifs is 3. The van der Waals surface area contributed by atoms with Gasteiger partial charge in [-0.15, -0.1) is 0 Å². The molecule has 0 radical (unpaired) electrons. The molecule has 0 spiro atoms. The highest BCUT2D eigenvalue weighted by atomic mass is 15.2. The van der Waals surface area contributed by atoms with E-state index in [9.17, 15) is 0 Å². The standard InChI is InChI=1S/C16H22N2/c1-11-8-12-4-2-3-5-16(12)18(11)10-13-9-14-6-7-15(13)17-14/h2-5,11,13-15,17H,6-10H2,1H3. The molecule has 2 saturated heterocycles. The molecule has 2 bridgehead atoms. The molecular formula is C16H22N2. The Labute approximate surface area is 109 Å². The van der Waals surface area contributed by atoms with Crippen molar-refractivity contribution in [2.24, 2.45) is 5.92 Å². The summed E-state index contributed by atoms with van der Waals surface area (Å²) >= 11 is 0. The van der Waals surface area contributed by atoms with E-state index >= 15 is 0 Å². The van der Waals surface area contributed by atoms with Crippen molar-refractivity contribution in [1.82, 2.24) is 5.32 Å². The third-order valence-electron chi connectivity index (χ3n) is 5.21. The van der Waals surface area contributed by atoms with Crippen molar-refractivity contribution in [3.63, 3.8) is 0 Å². The molecule has 4 rings (SSSR count). The summed E-state index contributed by atoms with van der Waals surface area (Å²) < 4.78 is 0. The molecule has 0 aliphatic carbocycles. The molecule has 18 heavy (non-hydrogen) atoms. The van der Waals surface area contributed by atoms with Crippen LogP contribution in [0.3, 0.4) is 0 Å². The van der Waals surface area contributed by atoms with E-state index in [1.54, 1.807) is 5.56 Å². The highest BCUT2D eigenvalue weighted by Gasteiger charge is 2.40. The van der Waals surface area contributed by atoms with Crippen LogP contribution in [0.4, 0.5) is 5.69 Å². The summed E-state index contributed by atoms with van der Waals surface area (Å²) in [6, 6.07) is 11.3. The lowest BCUT2D eigenvalue weighted by molar-refractivity contribution is 0.397. The fourth-order valence-electron chi connectivity index (χ4n) is 4.30. The van der Waals surface area contributed by atoms with Gasteiger partial charge in [-0.25, -0.2) is 0 Å². The van der Waals surface area contributed by atoms with Crippen molar-refractivity contribution >= 4 is 5.69 Å². The Bertz CT molecular complexity index is 456. The SMILES string of the molecule is CC1Cc2ccccc2N1CC1CC2CCC1N2. The van der Waals surface area contributed by atoms with Gasteiger partial charge in [0.25, 0.3) is 0 Å². The van der Waals surface area contributed by atoms with E-state index in [0.29, 0.717) is 6.04 Å². The molecule has 3 aliphatic rings. The van der Waals surface area contributed by atoms with Crippen molar-refractivity contribution in [3.8, 4) is 0 Å². The van der Waals surface area contributed by atoms with E-state index in [2.05, 4.69) is 41.4 Å². The molecule has 4 unspecified atom stereocenters. The van der Waals surface area contributed by atoms with Crippen LogP contribution >= 0.6 is 0 Å². The summed E-state index contributed by atoms with van der Waals surface area (Å²) in [6.45, 7) is 3.63. The number of nitrogens with one attached hydrogen (secondary N) is 1. The average Bonchev–Trinajstić information content (AvgIpc) is 3.05. The minimum atomic E-state index is 0.682. The number of nitrogens with zero attached hydrogens (tertiary/aromatic N) is 1. The average molecular weight is 242 g/mol. The van der Waals surface area contributed by atoms with Crippen molar-refractivity contribution in [3.05, 3.63) is 29.8 Å². The number of hydrogen-bond acceptors (Lipinski definition) is 2. The highest BCUT2D eigenvalue weighted by Crippen LogP contribution is 2.38. The van der Waals surface area contributed by atoms with Gasteiger partial charge in [0.15, 0.2) is 0 Å². The molecule has 3 aliphatic heterocycles. The molecule has 2 nitrogen and oxygen atoms in total. The van der Waals surface area contributed by atoms with Crippen LogP contribution in [0.25, 0.3) is 0 Å². The summed E-state index contributed by atoms with van der Waals surface area (Å²) in [7, 11) is 0. The van der Waals surface area contributed by atoms with Gasteiger partial charge < -0.3 is 10.2 Å². The minimum Gasteiger partial charge on any atom is -0.368 e. The first-order valence-electron chi connectivity index (χ1n) is 7.42. The first-order valence-corrected chi connectivity index (χ1v) is 7.42. The minimum absolute atomic E-state index is 0.682. The van der Waals surface area contributed by atoms with Gasteiger partial charge in [-0.05, 0) is 50.2 Å². The summed E-state index contributed by atoms with van der Waals surface area (Å²) in [4.78, 5) is 2.66. The molecule has 0 amide bonds. The van der Waals surface area contributed by atoms with E-state index in [4.69, 9.17) is 0 Å². The third kappa shape index (κ3) is 1.58. The molecule has 1 N–H and O–H groups in total. The topological polar surface area (TPSA) is 15.3 Å². The second kappa shape index (κ2) is 3.99. The fourth-order valence-corrected chi connectivity index (χ4v) is 4.30. The zero-order valence-electron chi connectivity index (χ0n) is 11.1. The van der Waals surface area contributed by atoms with Crippen molar-refractivity contribution in [2.75, 3.05) is 11.4 Å². The predicted octanol–water partition coefficient (Wildman–Crippen LogP) is 2.58. The monoisotopic (exact) mass is 242 g/mol. The number of anilines is 1. The normalized spacial score (nSPS) is 37.3. The van der Waals surface area contributed by atoms with Crippen LogP contribution in [0.1, 0.15) is 31.7 Å².